The van der Waals surface area contributed by atoms with Gasteiger partial charge >= 0.3 is 5.97 Å². The zero-order valence-corrected chi connectivity index (χ0v) is 8.86. The van der Waals surface area contributed by atoms with Crippen molar-refractivity contribution < 1.29 is 9.53 Å². The quantitative estimate of drug-likeness (QED) is 0.762. The van der Waals surface area contributed by atoms with Gasteiger partial charge in [0, 0.05) is 5.69 Å². The van der Waals surface area contributed by atoms with E-state index in [9.17, 15) is 4.79 Å². The van der Waals surface area contributed by atoms with Crippen LogP contribution in [-0.4, -0.2) is 18.1 Å². The molecule has 0 spiro atoms. The largest absolute Gasteiger partial charge is 0.469 e. The summed E-state index contributed by atoms with van der Waals surface area (Å²) in [5, 5.41) is 0. The topological polar surface area (TPSA) is 65.2 Å². The summed E-state index contributed by atoms with van der Waals surface area (Å²) >= 11 is 0. The molecule has 0 fully saturated rings. The van der Waals surface area contributed by atoms with E-state index in [1.807, 2.05) is 13.0 Å². The Morgan fingerprint density at radius 3 is 3.00 bits per heavy atom. The number of hydrogen-bond acceptors (Lipinski definition) is 4. The Morgan fingerprint density at radius 1 is 1.60 bits per heavy atom. The van der Waals surface area contributed by atoms with E-state index >= 15 is 0 Å². The van der Waals surface area contributed by atoms with Crippen molar-refractivity contribution in [2.75, 3.05) is 12.8 Å². The van der Waals surface area contributed by atoms with Crippen molar-refractivity contribution in [1.29, 1.82) is 0 Å². The number of nitrogens with zero attached hydrogens (tertiary/aromatic N) is 1. The van der Waals surface area contributed by atoms with E-state index < -0.39 is 0 Å². The maximum Gasteiger partial charge on any atom is 0.309 e. The molecule has 15 heavy (non-hydrogen) atoms. The fraction of sp³-hybridized carbons (Fsp3) is 0.273. The molecule has 0 aliphatic heterocycles. The van der Waals surface area contributed by atoms with Crippen LogP contribution in [0.2, 0.25) is 0 Å². The van der Waals surface area contributed by atoms with Crippen LogP contribution in [0.4, 0.5) is 5.69 Å². The van der Waals surface area contributed by atoms with Gasteiger partial charge in [-0.05, 0) is 25.1 Å². The van der Waals surface area contributed by atoms with E-state index in [0.717, 1.165) is 5.69 Å². The number of nitrogens with two attached hydrogens (primary N) is 1. The SMILES string of the molecule is COC(=O)CC=Cc1nc(C)ccc1N. The number of aromatic nitrogens is 1. The number of hydrogen-bond donors (Lipinski definition) is 1. The first-order valence-corrected chi connectivity index (χ1v) is 4.60. The lowest BCUT2D eigenvalue weighted by Gasteiger charge is -2.00. The Kier molecular flexibility index (Phi) is 3.85. The van der Waals surface area contributed by atoms with Crippen molar-refractivity contribution in [3.05, 3.63) is 29.6 Å². The van der Waals surface area contributed by atoms with E-state index in [4.69, 9.17) is 5.73 Å². The zero-order valence-electron chi connectivity index (χ0n) is 8.86. The van der Waals surface area contributed by atoms with Crippen LogP contribution in [0.15, 0.2) is 18.2 Å². The second-order valence-electron chi connectivity index (χ2n) is 3.11. The Balaban J connectivity index is 2.71. The van der Waals surface area contributed by atoms with Crippen LogP contribution < -0.4 is 5.73 Å². The molecule has 1 rings (SSSR count). The molecule has 0 saturated heterocycles. The minimum atomic E-state index is -0.280. The maximum atomic E-state index is 10.8. The van der Waals surface area contributed by atoms with E-state index in [0.29, 0.717) is 11.4 Å². The first kappa shape index (κ1) is 11.2. The summed E-state index contributed by atoms with van der Waals surface area (Å²) in [6.07, 6.45) is 3.63. The van der Waals surface area contributed by atoms with E-state index in [2.05, 4.69) is 9.72 Å². The number of methoxy groups -OCH3 is 1. The molecule has 0 aromatic carbocycles. The van der Waals surface area contributed by atoms with Crippen LogP contribution in [0, 0.1) is 6.92 Å². The monoisotopic (exact) mass is 206 g/mol. The first-order chi connectivity index (χ1) is 7.13. The maximum absolute atomic E-state index is 10.8. The van der Waals surface area contributed by atoms with Gasteiger partial charge in [0.1, 0.15) is 0 Å². The molecule has 2 N–H and O–H groups in total. The molecule has 0 saturated carbocycles. The fourth-order valence-electron chi connectivity index (χ4n) is 1.07. The highest BCUT2D eigenvalue weighted by molar-refractivity contribution is 5.73. The second kappa shape index (κ2) is 5.14. The minimum absolute atomic E-state index is 0.228. The molecule has 1 aromatic heterocycles. The summed E-state index contributed by atoms with van der Waals surface area (Å²) in [5.74, 6) is -0.280. The molecular weight excluding hydrogens is 192 g/mol. The standard InChI is InChI=1S/C11H14N2O2/c1-8-6-7-9(12)10(13-8)4-3-5-11(14)15-2/h3-4,6-7H,5,12H2,1-2H3. The summed E-state index contributed by atoms with van der Waals surface area (Å²) in [7, 11) is 1.36. The first-order valence-electron chi connectivity index (χ1n) is 4.60. The van der Waals surface area contributed by atoms with Gasteiger partial charge < -0.3 is 10.5 Å². The van der Waals surface area contributed by atoms with Crippen LogP contribution in [-0.2, 0) is 9.53 Å². The number of ether oxygens (including phenoxy) is 1. The number of pyridine rings is 1. The molecule has 0 unspecified atom stereocenters. The molecule has 1 aromatic rings. The highest BCUT2D eigenvalue weighted by Crippen LogP contribution is 2.11. The number of nitrogen functional groups attached to an aromatic ring is 1. The Bertz CT molecular complexity index is 386. The van der Waals surface area contributed by atoms with Gasteiger partial charge in [-0.3, -0.25) is 9.78 Å². The van der Waals surface area contributed by atoms with Crippen LogP contribution >= 0.6 is 0 Å². The predicted octanol–water partition coefficient (Wildman–Crippen LogP) is 1.55. The smallest absolute Gasteiger partial charge is 0.309 e. The van der Waals surface area contributed by atoms with Crippen molar-refractivity contribution in [3.8, 4) is 0 Å². The molecule has 0 aliphatic carbocycles. The van der Waals surface area contributed by atoms with Gasteiger partial charge in [0.2, 0.25) is 0 Å². The van der Waals surface area contributed by atoms with Crippen LogP contribution in [0.5, 0.6) is 0 Å². The third-order valence-electron chi connectivity index (χ3n) is 1.88. The Morgan fingerprint density at radius 2 is 2.33 bits per heavy atom. The molecular formula is C11H14N2O2. The summed E-state index contributed by atoms with van der Waals surface area (Å²) in [6, 6.07) is 3.63. The highest BCUT2D eigenvalue weighted by Gasteiger charge is 1.98. The summed E-state index contributed by atoms with van der Waals surface area (Å²) in [6.45, 7) is 1.89. The molecule has 1 heterocycles. The van der Waals surface area contributed by atoms with Crippen molar-refractivity contribution in [3.63, 3.8) is 0 Å². The fourth-order valence-corrected chi connectivity index (χ4v) is 1.07. The lowest BCUT2D eigenvalue weighted by atomic mass is 10.2. The minimum Gasteiger partial charge on any atom is -0.469 e. The third-order valence-corrected chi connectivity index (χ3v) is 1.88. The van der Waals surface area contributed by atoms with E-state index in [1.54, 1.807) is 18.2 Å². The van der Waals surface area contributed by atoms with E-state index in [1.165, 1.54) is 7.11 Å². The number of carbonyl (C=O) groups is 1. The van der Waals surface area contributed by atoms with Gasteiger partial charge in [0.25, 0.3) is 0 Å². The molecule has 4 nitrogen and oxygen atoms in total. The van der Waals surface area contributed by atoms with Gasteiger partial charge in [-0.25, -0.2) is 0 Å². The Labute approximate surface area is 88.8 Å². The molecule has 0 amide bonds. The van der Waals surface area contributed by atoms with Crippen LogP contribution in [0.25, 0.3) is 6.08 Å². The van der Waals surface area contributed by atoms with Crippen molar-refractivity contribution in [2.45, 2.75) is 13.3 Å². The van der Waals surface area contributed by atoms with Crippen molar-refractivity contribution in [1.82, 2.24) is 4.98 Å². The van der Waals surface area contributed by atoms with Crippen molar-refractivity contribution in [2.24, 2.45) is 0 Å². The van der Waals surface area contributed by atoms with Crippen LogP contribution in [0.3, 0.4) is 0 Å². The van der Waals surface area contributed by atoms with Gasteiger partial charge in [-0.1, -0.05) is 6.08 Å². The normalized spacial score (nSPS) is 10.5. The third kappa shape index (κ3) is 3.42. The average Bonchev–Trinajstić information content (AvgIpc) is 2.23. The predicted molar refractivity (Wildman–Crippen MR) is 59.1 cm³/mol. The number of anilines is 1. The van der Waals surface area contributed by atoms with Gasteiger partial charge in [0.05, 0.1) is 24.9 Å². The van der Waals surface area contributed by atoms with Crippen molar-refractivity contribution >= 4 is 17.7 Å². The number of rotatable bonds is 3. The Hall–Kier alpha value is -1.84. The van der Waals surface area contributed by atoms with Gasteiger partial charge in [0.15, 0.2) is 0 Å². The molecule has 0 bridgehead atoms. The average molecular weight is 206 g/mol. The van der Waals surface area contributed by atoms with Gasteiger partial charge in [-0.2, -0.15) is 0 Å². The molecule has 0 aliphatic rings. The summed E-state index contributed by atoms with van der Waals surface area (Å²) in [5.41, 5.74) is 7.88. The molecule has 4 heteroatoms. The number of esters is 1. The molecule has 0 atom stereocenters. The lowest BCUT2D eigenvalue weighted by Crippen LogP contribution is -1.97. The second-order valence-corrected chi connectivity index (χ2v) is 3.11. The molecule has 80 valence electrons. The lowest BCUT2D eigenvalue weighted by molar-refractivity contribution is -0.139. The number of carbonyl (C=O) groups excluding carboxylic acids is 1. The molecule has 0 radical (unpaired) electrons. The zero-order chi connectivity index (χ0) is 11.3. The summed E-state index contributed by atoms with van der Waals surface area (Å²) < 4.78 is 4.50. The van der Waals surface area contributed by atoms with E-state index in [-0.39, 0.29) is 12.4 Å². The van der Waals surface area contributed by atoms with Crippen LogP contribution in [0.1, 0.15) is 17.8 Å². The summed E-state index contributed by atoms with van der Waals surface area (Å²) in [4.78, 5) is 15.1. The number of aryl methyl sites for hydroxylation is 1. The highest BCUT2D eigenvalue weighted by atomic mass is 16.5. The van der Waals surface area contributed by atoms with Gasteiger partial charge in [-0.15, -0.1) is 0 Å².